The summed E-state index contributed by atoms with van der Waals surface area (Å²) < 4.78 is 48.3. The minimum atomic E-state index is -4.11. The van der Waals surface area contributed by atoms with Gasteiger partial charge in [-0.2, -0.15) is 0 Å². The summed E-state index contributed by atoms with van der Waals surface area (Å²) in [5, 5.41) is 3.35. The van der Waals surface area contributed by atoms with Crippen molar-refractivity contribution in [3.05, 3.63) is 42.1 Å². The molecule has 1 aromatic heterocycles. The number of nitrogens with zero attached hydrogens (tertiary/aromatic N) is 1. The van der Waals surface area contributed by atoms with Crippen LogP contribution in [0.1, 0.15) is 38.2 Å². The van der Waals surface area contributed by atoms with E-state index in [4.69, 9.17) is 18.1 Å². The molecule has 0 atom stereocenters. The fourth-order valence-electron chi connectivity index (χ4n) is 2.79. The number of carbonyl (C=O) groups excluding carboxylic acids is 1. The lowest BCUT2D eigenvalue weighted by molar-refractivity contribution is 0.0933. The van der Waals surface area contributed by atoms with Gasteiger partial charge in [0.15, 0.2) is 0 Å². The molecular weight excluding hydrogens is 430 g/mol. The summed E-state index contributed by atoms with van der Waals surface area (Å²) in [5.74, 6) is -0.704. The largest absolute Gasteiger partial charge is 0.365 e. The summed E-state index contributed by atoms with van der Waals surface area (Å²) >= 11 is 0. The zero-order valence-electron chi connectivity index (χ0n) is 17.6. The van der Waals surface area contributed by atoms with Gasteiger partial charge >= 0.3 is 15.2 Å². The molecule has 0 fully saturated rings. The molecule has 166 valence electrons. The van der Waals surface area contributed by atoms with Crippen LogP contribution in [-0.4, -0.2) is 42.8 Å². The average Bonchev–Trinajstić information content (AvgIpc) is 2.72. The van der Waals surface area contributed by atoms with E-state index in [0.717, 1.165) is 5.39 Å². The first-order chi connectivity index (χ1) is 14.3. The van der Waals surface area contributed by atoms with E-state index in [1.165, 1.54) is 6.07 Å². The lowest BCUT2D eigenvalue weighted by Crippen LogP contribution is -2.37. The molecule has 1 amide bonds. The summed E-state index contributed by atoms with van der Waals surface area (Å²) in [7, 11) is -8.21. The predicted molar refractivity (Wildman–Crippen MR) is 115 cm³/mol. The fraction of sp³-hybridized carbons (Fsp3) is 0.474. The molecule has 1 N–H and O–H groups in total. The molecule has 0 radical (unpaired) electrons. The molecule has 9 nitrogen and oxygen atoms in total. The number of aromatic nitrogens is 1. The van der Waals surface area contributed by atoms with E-state index in [0.29, 0.717) is 5.52 Å². The summed E-state index contributed by atoms with van der Waals surface area (Å²) in [6, 6.07) is 10.6. The fourth-order valence-corrected chi connectivity index (χ4v) is 7.68. The molecule has 0 aliphatic rings. The Balaban J connectivity index is 2.47. The Bertz CT molecular complexity index is 903. The quantitative estimate of drug-likeness (QED) is 0.452. The van der Waals surface area contributed by atoms with E-state index in [1.807, 2.05) is 12.1 Å². The molecule has 0 aliphatic heterocycles. The second kappa shape index (κ2) is 11.1. The van der Waals surface area contributed by atoms with Gasteiger partial charge in [0.2, 0.25) is 5.52 Å². The molecule has 1 heterocycles. The third kappa shape index (κ3) is 5.76. The molecule has 11 heteroatoms. The molecule has 30 heavy (non-hydrogen) atoms. The number of para-hydroxylation sites is 1. The number of hydrogen-bond donors (Lipinski definition) is 1. The first kappa shape index (κ1) is 24.7. The maximum atomic E-state index is 13.5. The van der Waals surface area contributed by atoms with Gasteiger partial charge in [-0.05, 0) is 39.8 Å². The van der Waals surface area contributed by atoms with Gasteiger partial charge in [-0.3, -0.25) is 13.9 Å². The number of fused-ring (bicyclic) bond motifs is 1. The van der Waals surface area contributed by atoms with Gasteiger partial charge < -0.3 is 23.4 Å². The summed E-state index contributed by atoms with van der Waals surface area (Å²) in [6.45, 7) is 6.49. The van der Waals surface area contributed by atoms with E-state index < -0.39 is 26.6 Å². The highest BCUT2D eigenvalue weighted by atomic mass is 31.2. The highest BCUT2D eigenvalue weighted by molar-refractivity contribution is 7.72. The van der Waals surface area contributed by atoms with E-state index >= 15 is 0 Å². The smallest absolute Gasteiger partial charge is 0.327 e. The van der Waals surface area contributed by atoms with Crippen molar-refractivity contribution in [1.29, 1.82) is 0 Å². The van der Waals surface area contributed by atoms with E-state index in [2.05, 4.69) is 10.3 Å². The number of benzene rings is 1. The van der Waals surface area contributed by atoms with Crippen molar-refractivity contribution in [3.8, 4) is 0 Å². The first-order valence-corrected chi connectivity index (χ1v) is 13.0. The lowest BCUT2D eigenvalue weighted by atomic mass is 10.2. The number of pyridine rings is 1. The van der Waals surface area contributed by atoms with Crippen LogP contribution in [0.25, 0.3) is 10.9 Å². The molecule has 0 unspecified atom stereocenters. The second-order valence-electron chi connectivity index (χ2n) is 5.99. The first-order valence-electron chi connectivity index (χ1n) is 9.77. The van der Waals surface area contributed by atoms with Gasteiger partial charge in [0.1, 0.15) is 5.69 Å². The van der Waals surface area contributed by atoms with Crippen molar-refractivity contribution in [1.82, 2.24) is 10.3 Å². The zero-order valence-corrected chi connectivity index (χ0v) is 19.4. The highest BCUT2D eigenvalue weighted by Crippen LogP contribution is 2.69. The molecule has 0 aliphatic carbocycles. The van der Waals surface area contributed by atoms with Gasteiger partial charge in [-0.1, -0.05) is 24.3 Å². The van der Waals surface area contributed by atoms with Crippen molar-refractivity contribution in [2.24, 2.45) is 0 Å². The van der Waals surface area contributed by atoms with Gasteiger partial charge in [0.05, 0.1) is 31.9 Å². The van der Waals surface area contributed by atoms with Crippen molar-refractivity contribution in [2.45, 2.75) is 33.2 Å². The molecule has 0 spiro atoms. The predicted octanol–water partition coefficient (Wildman–Crippen LogP) is 4.78. The molecule has 0 bridgehead atoms. The van der Waals surface area contributed by atoms with Gasteiger partial charge in [-0.15, -0.1) is 0 Å². The van der Waals surface area contributed by atoms with Crippen molar-refractivity contribution < 1.29 is 32.0 Å². The number of carbonyl (C=O) groups is 1. The van der Waals surface area contributed by atoms with Crippen LogP contribution in [0.3, 0.4) is 0 Å². The Labute approximate surface area is 176 Å². The van der Waals surface area contributed by atoms with Gasteiger partial charge in [0.25, 0.3) is 5.91 Å². The van der Waals surface area contributed by atoms with Crippen molar-refractivity contribution in [2.75, 3.05) is 26.4 Å². The Hall–Kier alpha value is -1.60. The van der Waals surface area contributed by atoms with Crippen LogP contribution in [0.5, 0.6) is 0 Å². The minimum absolute atomic E-state index is 0.0100. The van der Waals surface area contributed by atoms with Crippen LogP contribution in [0.2, 0.25) is 0 Å². The number of nitrogens with one attached hydrogen (secondary N) is 1. The Kier molecular flexibility index (Phi) is 9.16. The number of amides is 1. The monoisotopic (exact) mass is 458 g/mol. The zero-order chi connectivity index (χ0) is 22.2. The minimum Gasteiger partial charge on any atom is -0.327 e. The average molecular weight is 458 g/mol. The molecule has 0 saturated heterocycles. The topological polar surface area (TPSA) is 113 Å². The highest BCUT2D eigenvalue weighted by Gasteiger charge is 2.52. The van der Waals surface area contributed by atoms with E-state index in [9.17, 15) is 13.9 Å². The maximum Gasteiger partial charge on any atom is 0.365 e. The molecule has 2 rings (SSSR count). The third-order valence-corrected chi connectivity index (χ3v) is 9.55. The molecular formula is C19H28N2O7P2. The van der Waals surface area contributed by atoms with Crippen LogP contribution in [0.15, 0.2) is 36.4 Å². The molecule has 2 aromatic rings. The summed E-state index contributed by atoms with van der Waals surface area (Å²) in [6.07, 6.45) is 0. The van der Waals surface area contributed by atoms with Crippen molar-refractivity contribution in [3.63, 3.8) is 0 Å². The summed E-state index contributed by atoms with van der Waals surface area (Å²) in [4.78, 5) is 17.3. The Morgan fingerprint density at radius 3 is 1.87 bits per heavy atom. The number of rotatable bonds is 12. The number of hydrogen-bond acceptors (Lipinski definition) is 8. The maximum absolute atomic E-state index is 13.5. The Morgan fingerprint density at radius 1 is 0.867 bits per heavy atom. The molecule has 0 saturated carbocycles. The van der Waals surface area contributed by atoms with Crippen LogP contribution in [-0.2, 0) is 27.2 Å². The second-order valence-corrected chi connectivity index (χ2v) is 10.6. The third-order valence-electron chi connectivity index (χ3n) is 3.93. The van der Waals surface area contributed by atoms with Gasteiger partial charge in [0, 0.05) is 5.39 Å². The van der Waals surface area contributed by atoms with Crippen LogP contribution < -0.4 is 5.32 Å². The normalized spacial score (nSPS) is 12.4. The molecule has 1 aromatic carbocycles. The Morgan fingerprint density at radius 2 is 1.37 bits per heavy atom. The van der Waals surface area contributed by atoms with E-state index in [-0.39, 0.29) is 32.1 Å². The van der Waals surface area contributed by atoms with E-state index in [1.54, 1.807) is 45.9 Å². The van der Waals surface area contributed by atoms with Crippen LogP contribution in [0, 0.1) is 0 Å². The van der Waals surface area contributed by atoms with Crippen molar-refractivity contribution >= 4 is 32.0 Å². The lowest BCUT2D eigenvalue weighted by Gasteiger charge is -2.31. The summed E-state index contributed by atoms with van der Waals surface area (Å²) in [5.41, 5.74) is -0.985. The SMILES string of the molecule is CCOP(=O)(OCC)C(NC(=O)c1ccc2ccccc2n1)P(=O)(OCC)OCC. The van der Waals surface area contributed by atoms with Gasteiger partial charge in [-0.25, -0.2) is 4.98 Å². The van der Waals surface area contributed by atoms with Crippen LogP contribution >= 0.6 is 15.2 Å². The van der Waals surface area contributed by atoms with Crippen LogP contribution in [0.4, 0.5) is 0 Å². The standard InChI is InChI=1S/C19H28N2O7P2/c1-5-25-29(23,26-6-2)19(30(24,27-7-3)28-8-4)21-18(22)17-14-13-15-11-9-10-12-16(15)20-17/h9-14,19H,5-8H2,1-4H3,(H,21,22).